The lowest BCUT2D eigenvalue weighted by Crippen LogP contribution is -2.28. The molecule has 8 heteroatoms. The van der Waals surface area contributed by atoms with E-state index >= 15 is 0 Å². The van der Waals surface area contributed by atoms with E-state index in [0.29, 0.717) is 17.4 Å². The molecule has 0 radical (unpaired) electrons. The van der Waals surface area contributed by atoms with Crippen LogP contribution in [0.2, 0.25) is 0 Å². The maximum Gasteiger partial charge on any atom is 0.258 e. The monoisotopic (exact) mass is 363 g/mol. The summed E-state index contributed by atoms with van der Waals surface area (Å²) in [4.78, 5) is 18.1. The van der Waals surface area contributed by atoms with Crippen molar-refractivity contribution in [1.82, 2.24) is 10.3 Å². The highest BCUT2D eigenvalue weighted by Crippen LogP contribution is 2.29. The van der Waals surface area contributed by atoms with Crippen LogP contribution in [0.3, 0.4) is 0 Å². The third-order valence-electron chi connectivity index (χ3n) is 3.08. The second-order valence-corrected chi connectivity index (χ2v) is 6.91. The number of amides is 1. The predicted octanol–water partition coefficient (Wildman–Crippen LogP) is 3.29. The fourth-order valence-electron chi connectivity index (χ4n) is 1.93. The fourth-order valence-corrected chi connectivity index (χ4v) is 3.47. The number of ether oxygens (including phenoxy) is 1. The number of hydrogen-bond acceptors (Lipinski definition) is 6. The van der Waals surface area contributed by atoms with Crippen LogP contribution >= 0.6 is 22.7 Å². The molecule has 2 heterocycles. The maximum atomic E-state index is 12.8. The van der Waals surface area contributed by atoms with Gasteiger partial charge in [0.2, 0.25) is 0 Å². The molecule has 0 aliphatic carbocycles. The summed E-state index contributed by atoms with van der Waals surface area (Å²) in [6, 6.07) is 9.42. The Bertz CT molecular complexity index is 830. The molecule has 0 spiro atoms. The topological polar surface area (TPSA) is 77.2 Å². The second kappa shape index (κ2) is 7.41. The Labute approximate surface area is 145 Å². The number of thiazole rings is 1. The molecule has 3 N–H and O–H groups in total. The number of thiophene rings is 1. The average molecular weight is 363 g/mol. The third-order valence-corrected chi connectivity index (χ3v) is 4.86. The van der Waals surface area contributed by atoms with Crippen LogP contribution in [0.4, 0.5) is 9.52 Å². The van der Waals surface area contributed by atoms with E-state index in [1.54, 1.807) is 11.3 Å². The van der Waals surface area contributed by atoms with Gasteiger partial charge in [-0.3, -0.25) is 4.79 Å². The van der Waals surface area contributed by atoms with Gasteiger partial charge in [0.15, 0.2) is 11.7 Å². The summed E-state index contributed by atoms with van der Waals surface area (Å²) in [5.41, 5.74) is 6.48. The number of nitrogen functional groups attached to an aromatic ring is 1. The van der Waals surface area contributed by atoms with E-state index in [4.69, 9.17) is 10.5 Å². The molecule has 2 aromatic heterocycles. The first-order chi connectivity index (χ1) is 11.6. The van der Waals surface area contributed by atoms with Gasteiger partial charge in [0, 0.05) is 10.3 Å². The number of nitrogens with one attached hydrogen (secondary N) is 1. The van der Waals surface area contributed by atoms with Crippen LogP contribution in [0.5, 0.6) is 5.75 Å². The van der Waals surface area contributed by atoms with Gasteiger partial charge in [-0.05, 0) is 36.4 Å². The van der Waals surface area contributed by atoms with Gasteiger partial charge in [-0.25, -0.2) is 9.37 Å². The second-order valence-electron chi connectivity index (χ2n) is 4.86. The first-order valence-electron chi connectivity index (χ1n) is 7.05. The molecule has 0 unspecified atom stereocenters. The quantitative estimate of drug-likeness (QED) is 0.704. The number of benzene rings is 1. The number of nitrogens with zero attached hydrogens (tertiary/aromatic N) is 1. The van der Waals surface area contributed by atoms with E-state index in [1.807, 2.05) is 17.5 Å². The van der Waals surface area contributed by atoms with Crippen LogP contribution in [0.15, 0.2) is 41.8 Å². The van der Waals surface area contributed by atoms with Crippen molar-refractivity contribution in [3.63, 3.8) is 0 Å². The van der Waals surface area contributed by atoms with Crippen molar-refractivity contribution in [3.05, 3.63) is 52.5 Å². The van der Waals surface area contributed by atoms with E-state index < -0.39 is 0 Å². The van der Waals surface area contributed by atoms with Crippen molar-refractivity contribution in [2.24, 2.45) is 0 Å². The van der Waals surface area contributed by atoms with Gasteiger partial charge in [0.25, 0.3) is 5.91 Å². The lowest BCUT2D eigenvalue weighted by Gasteiger charge is -2.06. The van der Waals surface area contributed by atoms with Gasteiger partial charge < -0.3 is 15.8 Å². The molecule has 3 rings (SSSR count). The van der Waals surface area contributed by atoms with Crippen LogP contribution < -0.4 is 15.8 Å². The van der Waals surface area contributed by atoms with Gasteiger partial charge in [-0.1, -0.05) is 0 Å². The Balaban J connectivity index is 1.48. The summed E-state index contributed by atoms with van der Waals surface area (Å²) >= 11 is 2.94. The van der Waals surface area contributed by atoms with E-state index in [-0.39, 0.29) is 18.3 Å². The largest absolute Gasteiger partial charge is 0.484 e. The molecule has 0 aliphatic rings. The number of carbonyl (C=O) groups excluding carboxylic acids is 1. The summed E-state index contributed by atoms with van der Waals surface area (Å²) < 4.78 is 18.1. The first-order valence-corrected chi connectivity index (χ1v) is 8.75. The summed E-state index contributed by atoms with van der Waals surface area (Å²) in [6.45, 7) is 0.294. The summed E-state index contributed by atoms with van der Waals surface area (Å²) in [5.74, 6) is -0.138. The Morgan fingerprint density at radius 3 is 2.75 bits per heavy atom. The molecule has 124 valence electrons. The Kier molecular flexibility index (Phi) is 5.07. The normalized spacial score (nSPS) is 10.5. The van der Waals surface area contributed by atoms with E-state index in [1.165, 1.54) is 35.6 Å². The molecule has 0 saturated carbocycles. The lowest BCUT2D eigenvalue weighted by molar-refractivity contribution is -0.123. The Morgan fingerprint density at radius 1 is 1.25 bits per heavy atom. The van der Waals surface area contributed by atoms with Gasteiger partial charge >= 0.3 is 0 Å². The fraction of sp³-hybridized carbons (Fsp3) is 0.125. The van der Waals surface area contributed by atoms with Gasteiger partial charge in [-0.2, -0.15) is 0 Å². The average Bonchev–Trinajstić information content (AvgIpc) is 3.21. The van der Waals surface area contributed by atoms with E-state index in [0.717, 1.165) is 15.4 Å². The minimum Gasteiger partial charge on any atom is -0.484 e. The summed E-state index contributed by atoms with van der Waals surface area (Å²) in [7, 11) is 0. The van der Waals surface area contributed by atoms with Crippen molar-refractivity contribution in [2.45, 2.75) is 6.54 Å². The first kappa shape index (κ1) is 16.4. The van der Waals surface area contributed by atoms with Crippen molar-refractivity contribution < 1.29 is 13.9 Å². The van der Waals surface area contributed by atoms with Crippen molar-refractivity contribution in [3.8, 4) is 16.3 Å². The smallest absolute Gasteiger partial charge is 0.258 e. The van der Waals surface area contributed by atoms with Crippen LogP contribution in [0, 0.1) is 5.82 Å². The zero-order valence-corrected chi connectivity index (χ0v) is 14.1. The lowest BCUT2D eigenvalue weighted by atomic mass is 10.3. The van der Waals surface area contributed by atoms with E-state index in [2.05, 4.69) is 10.3 Å². The Hall–Kier alpha value is -2.45. The van der Waals surface area contributed by atoms with Crippen LogP contribution in [-0.2, 0) is 11.3 Å². The molecule has 0 atom stereocenters. The number of carbonyl (C=O) groups is 1. The van der Waals surface area contributed by atoms with Gasteiger partial charge in [0.1, 0.15) is 11.6 Å². The van der Waals surface area contributed by atoms with Gasteiger partial charge in [0.05, 0.1) is 17.1 Å². The number of nitrogens with two attached hydrogens (primary N) is 1. The number of rotatable bonds is 6. The number of aromatic nitrogens is 1. The minimum atomic E-state index is -0.345. The molecule has 0 fully saturated rings. The predicted molar refractivity (Wildman–Crippen MR) is 93.6 cm³/mol. The molecule has 0 saturated heterocycles. The highest BCUT2D eigenvalue weighted by Gasteiger charge is 2.08. The zero-order chi connectivity index (χ0) is 16.9. The number of halogens is 1. The molecule has 1 aromatic carbocycles. The Morgan fingerprint density at radius 2 is 2.04 bits per heavy atom. The molecule has 24 heavy (non-hydrogen) atoms. The molecule has 0 bridgehead atoms. The molecule has 0 aliphatic heterocycles. The number of hydrogen-bond donors (Lipinski definition) is 2. The van der Waals surface area contributed by atoms with Crippen LogP contribution in [-0.4, -0.2) is 17.5 Å². The van der Waals surface area contributed by atoms with Crippen LogP contribution in [0.25, 0.3) is 10.6 Å². The van der Waals surface area contributed by atoms with Crippen molar-refractivity contribution >= 4 is 33.7 Å². The van der Waals surface area contributed by atoms with Crippen LogP contribution in [0.1, 0.15) is 4.88 Å². The number of anilines is 1. The van der Waals surface area contributed by atoms with Gasteiger partial charge in [-0.15, -0.1) is 22.7 Å². The molecule has 5 nitrogen and oxygen atoms in total. The SMILES string of the molecule is Nc1nc(-c2ccc(CNC(=O)COc3ccc(F)cc3)s2)cs1. The van der Waals surface area contributed by atoms with E-state index in [9.17, 15) is 9.18 Å². The van der Waals surface area contributed by atoms with Crippen molar-refractivity contribution in [1.29, 1.82) is 0 Å². The standard InChI is InChI=1S/C16H14FN3O2S2/c17-10-1-3-11(4-2-10)22-8-15(21)19-7-12-5-6-14(24-12)13-9-23-16(18)20-13/h1-6,9H,7-8H2,(H2,18,20)(H,19,21). The molecule has 1 amide bonds. The maximum absolute atomic E-state index is 12.8. The third kappa shape index (κ3) is 4.30. The zero-order valence-electron chi connectivity index (χ0n) is 12.5. The molecular formula is C16H14FN3O2S2. The summed E-state index contributed by atoms with van der Waals surface area (Å²) in [5, 5.41) is 5.22. The molecular weight excluding hydrogens is 349 g/mol. The van der Waals surface area contributed by atoms with Crippen molar-refractivity contribution in [2.75, 3.05) is 12.3 Å². The highest BCUT2D eigenvalue weighted by atomic mass is 32.1. The molecule has 3 aromatic rings. The highest BCUT2D eigenvalue weighted by molar-refractivity contribution is 7.16. The summed E-state index contributed by atoms with van der Waals surface area (Å²) in [6.07, 6.45) is 0. The minimum absolute atomic E-state index is 0.119.